The van der Waals surface area contributed by atoms with Crippen LogP contribution in [0.1, 0.15) is 31.4 Å². The number of hydrogen-bond acceptors (Lipinski definition) is 4. The highest BCUT2D eigenvalue weighted by Crippen LogP contribution is 2.46. The van der Waals surface area contributed by atoms with Gasteiger partial charge >= 0.3 is 0 Å². The Labute approximate surface area is 177 Å². The summed E-state index contributed by atoms with van der Waals surface area (Å²) in [5.74, 6) is 0.739. The topological polar surface area (TPSA) is 85.1 Å². The van der Waals surface area contributed by atoms with Crippen LogP contribution < -0.4 is 10.5 Å². The third-order valence-electron chi connectivity index (χ3n) is 6.40. The quantitative estimate of drug-likeness (QED) is 0.761. The molecule has 0 aliphatic heterocycles. The number of benzene rings is 1. The summed E-state index contributed by atoms with van der Waals surface area (Å²) in [7, 11) is -3.28. The number of hydrogen-bond donors (Lipinski definition) is 2. The van der Waals surface area contributed by atoms with Gasteiger partial charge in [-0.2, -0.15) is 0 Å². The van der Waals surface area contributed by atoms with Crippen LogP contribution in [0.4, 0.5) is 4.39 Å². The van der Waals surface area contributed by atoms with Gasteiger partial charge in [0.05, 0.1) is 11.9 Å². The van der Waals surface area contributed by atoms with E-state index >= 15 is 0 Å². The molecule has 7 heteroatoms. The summed E-state index contributed by atoms with van der Waals surface area (Å²) in [6.45, 7) is 0. The average molecular weight is 430 g/mol. The lowest BCUT2D eigenvalue weighted by molar-refractivity contribution is 0.227. The number of rotatable bonds is 5. The van der Waals surface area contributed by atoms with Gasteiger partial charge in [-0.3, -0.25) is 4.98 Å². The van der Waals surface area contributed by atoms with Crippen molar-refractivity contribution in [2.75, 3.05) is 6.26 Å². The van der Waals surface area contributed by atoms with Gasteiger partial charge in [0.2, 0.25) is 10.0 Å². The Bertz CT molecular complexity index is 1020. The number of halogens is 1. The van der Waals surface area contributed by atoms with Crippen LogP contribution in [0.15, 0.2) is 48.7 Å². The summed E-state index contributed by atoms with van der Waals surface area (Å²) in [6.07, 6.45) is 10.8. The van der Waals surface area contributed by atoms with Crippen LogP contribution in [-0.2, 0) is 10.0 Å². The van der Waals surface area contributed by atoms with Gasteiger partial charge in [0.25, 0.3) is 0 Å². The Morgan fingerprint density at radius 2 is 2.00 bits per heavy atom. The summed E-state index contributed by atoms with van der Waals surface area (Å²) in [4.78, 5) is 4.49. The van der Waals surface area contributed by atoms with Crippen molar-refractivity contribution in [1.29, 1.82) is 0 Å². The molecule has 0 amide bonds. The maximum Gasteiger partial charge on any atom is 0.208 e. The van der Waals surface area contributed by atoms with Crippen molar-refractivity contribution in [3.05, 3.63) is 60.2 Å². The van der Waals surface area contributed by atoms with E-state index in [1.54, 1.807) is 12.3 Å². The fourth-order valence-electron chi connectivity index (χ4n) is 5.11. The van der Waals surface area contributed by atoms with E-state index in [0.29, 0.717) is 11.8 Å². The van der Waals surface area contributed by atoms with Crippen LogP contribution in [-0.4, -0.2) is 31.7 Å². The van der Waals surface area contributed by atoms with E-state index in [0.717, 1.165) is 42.5 Å². The first kappa shape index (κ1) is 21.2. The zero-order valence-corrected chi connectivity index (χ0v) is 17.9. The molecule has 0 saturated heterocycles. The van der Waals surface area contributed by atoms with Crippen LogP contribution in [0.5, 0.6) is 0 Å². The number of pyridine rings is 1. The molecule has 0 spiro atoms. The Kier molecular flexibility index (Phi) is 6.04. The number of nitrogens with one attached hydrogen (secondary N) is 1. The molecule has 1 heterocycles. The first-order valence-corrected chi connectivity index (χ1v) is 12.3. The second-order valence-corrected chi connectivity index (χ2v) is 10.4. The third kappa shape index (κ3) is 4.96. The summed E-state index contributed by atoms with van der Waals surface area (Å²) < 4.78 is 40.0. The van der Waals surface area contributed by atoms with Crippen LogP contribution in [0.2, 0.25) is 0 Å². The molecule has 2 saturated carbocycles. The molecule has 0 radical (unpaired) electrons. The minimum Gasteiger partial charge on any atom is -0.328 e. The minimum atomic E-state index is -3.28. The molecule has 2 aromatic rings. The molecule has 160 valence electrons. The van der Waals surface area contributed by atoms with Gasteiger partial charge in [0.15, 0.2) is 0 Å². The predicted octanol–water partition coefficient (Wildman–Crippen LogP) is 3.58. The first-order chi connectivity index (χ1) is 14.3. The molecule has 1 aromatic carbocycles. The summed E-state index contributed by atoms with van der Waals surface area (Å²) in [6, 6.07) is 10.4. The van der Waals surface area contributed by atoms with Crippen molar-refractivity contribution in [1.82, 2.24) is 9.71 Å². The van der Waals surface area contributed by atoms with Gasteiger partial charge in [0, 0.05) is 23.8 Å². The fourth-order valence-corrected chi connectivity index (χ4v) is 5.92. The molecular formula is C23H28FN3O2S. The smallest absolute Gasteiger partial charge is 0.208 e. The molecule has 30 heavy (non-hydrogen) atoms. The monoisotopic (exact) mass is 429 g/mol. The van der Waals surface area contributed by atoms with Crippen molar-refractivity contribution in [2.45, 2.75) is 37.8 Å². The molecular weight excluding hydrogens is 401 g/mol. The van der Waals surface area contributed by atoms with Crippen molar-refractivity contribution >= 4 is 16.1 Å². The lowest BCUT2D eigenvalue weighted by Gasteiger charge is -2.32. The lowest BCUT2D eigenvalue weighted by Crippen LogP contribution is -2.37. The lowest BCUT2D eigenvalue weighted by atomic mass is 9.76. The van der Waals surface area contributed by atoms with E-state index in [4.69, 9.17) is 5.73 Å². The number of aromatic nitrogens is 1. The second kappa shape index (κ2) is 8.57. The number of fused-ring (bicyclic) bond motifs is 1. The van der Waals surface area contributed by atoms with E-state index in [1.165, 1.54) is 18.4 Å². The molecule has 2 aliphatic rings. The molecule has 1 unspecified atom stereocenters. The van der Waals surface area contributed by atoms with E-state index in [2.05, 4.69) is 15.8 Å². The van der Waals surface area contributed by atoms with Gasteiger partial charge in [-0.05, 0) is 73.3 Å². The Morgan fingerprint density at radius 3 is 2.70 bits per heavy atom. The third-order valence-corrected chi connectivity index (χ3v) is 7.13. The molecule has 4 rings (SSSR count). The molecule has 2 fully saturated rings. The highest BCUT2D eigenvalue weighted by molar-refractivity contribution is 7.88. The summed E-state index contributed by atoms with van der Waals surface area (Å²) in [5.41, 5.74) is 8.59. The summed E-state index contributed by atoms with van der Waals surface area (Å²) >= 11 is 0. The highest BCUT2D eigenvalue weighted by Gasteiger charge is 2.44. The number of nitrogens with two attached hydrogens (primary N) is 1. The van der Waals surface area contributed by atoms with E-state index in [1.807, 2.05) is 24.3 Å². The minimum absolute atomic E-state index is 0.108. The fraction of sp³-hybridized carbons (Fsp3) is 0.435. The van der Waals surface area contributed by atoms with Gasteiger partial charge in [0.1, 0.15) is 5.82 Å². The standard InChI is InChI=1S/C23H28FN3O2S/c1-30(28,29)27-23-13-17-12-19(25)6-9-21(17)22(23)10-8-20-7-5-16(14-26-20)15-3-2-4-18(24)11-15/h2-5,7-8,10-11,14,17,19,21-23,27H,6,9,12-13,25H2,1H3/t17-,19?,21-,22+,23+/m1/s1. The zero-order valence-electron chi connectivity index (χ0n) is 17.0. The van der Waals surface area contributed by atoms with E-state index < -0.39 is 10.0 Å². The van der Waals surface area contributed by atoms with Crippen LogP contribution in [0.3, 0.4) is 0 Å². The van der Waals surface area contributed by atoms with E-state index in [9.17, 15) is 12.8 Å². The molecule has 2 aliphatic carbocycles. The maximum absolute atomic E-state index is 13.5. The molecule has 0 bridgehead atoms. The maximum atomic E-state index is 13.5. The zero-order chi connectivity index (χ0) is 21.3. The normalized spacial score (nSPS) is 29.2. The van der Waals surface area contributed by atoms with Gasteiger partial charge < -0.3 is 5.73 Å². The van der Waals surface area contributed by atoms with Gasteiger partial charge in [-0.15, -0.1) is 0 Å². The molecule has 5 nitrogen and oxygen atoms in total. The Balaban J connectivity index is 1.53. The Morgan fingerprint density at radius 1 is 1.17 bits per heavy atom. The second-order valence-electron chi connectivity index (χ2n) is 8.65. The van der Waals surface area contributed by atoms with Crippen molar-refractivity contribution < 1.29 is 12.8 Å². The van der Waals surface area contributed by atoms with Crippen molar-refractivity contribution in [2.24, 2.45) is 23.5 Å². The van der Waals surface area contributed by atoms with Gasteiger partial charge in [-0.25, -0.2) is 17.5 Å². The first-order valence-electron chi connectivity index (χ1n) is 10.4. The summed E-state index contributed by atoms with van der Waals surface area (Å²) in [5, 5.41) is 0. The molecule has 3 N–H and O–H groups in total. The van der Waals surface area contributed by atoms with Crippen molar-refractivity contribution in [3.8, 4) is 11.1 Å². The average Bonchev–Trinajstić information content (AvgIpc) is 3.01. The Hall–Kier alpha value is -2.09. The van der Waals surface area contributed by atoms with Gasteiger partial charge in [-0.1, -0.05) is 24.3 Å². The van der Waals surface area contributed by atoms with E-state index in [-0.39, 0.29) is 23.8 Å². The van der Waals surface area contributed by atoms with Crippen LogP contribution in [0.25, 0.3) is 17.2 Å². The number of sulfonamides is 1. The van der Waals surface area contributed by atoms with Crippen molar-refractivity contribution in [3.63, 3.8) is 0 Å². The largest absolute Gasteiger partial charge is 0.328 e. The predicted molar refractivity (Wildman–Crippen MR) is 117 cm³/mol. The SMILES string of the molecule is CS(=O)(=O)N[C@H]1C[C@H]2CC(N)CC[C@H]2[C@@H]1C=Cc1ccc(-c2cccc(F)c2)cn1. The highest BCUT2D eigenvalue weighted by atomic mass is 32.2. The molecule has 5 atom stereocenters. The van der Waals surface area contributed by atoms with Crippen LogP contribution in [0, 0.1) is 23.6 Å². The number of nitrogens with zero attached hydrogens (tertiary/aromatic N) is 1. The molecule has 1 aromatic heterocycles. The van der Waals surface area contributed by atoms with Crippen LogP contribution >= 0.6 is 0 Å².